The normalized spacial score (nSPS) is 25.7. The first-order chi connectivity index (χ1) is 9.88. The maximum absolute atomic E-state index is 13.7. The Morgan fingerprint density at radius 1 is 1.48 bits per heavy atom. The molecule has 0 radical (unpaired) electrons. The first-order valence-corrected chi connectivity index (χ1v) is 8.14. The van der Waals surface area contributed by atoms with Crippen LogP contribution in [0.2, 0.25) is 0 Å². The molecule has 0 bridgehead atoms. The standard InChI is InChI=1S/C16H22BrFN2O/c1-10-3-5-16(9-19,6-4-10)15(21)20-14-8-13(18)12(17)7-11(14)2/h7-8,10H,3-6,9,19H2,1-2H3,(H,20,21). The Bertz CT molecular complexity index is 539. The summed E-state index contributed by atoms with van der Waals surface area (Å²) in [5, 5.41) is 2.87. The lowest BCUT2D eigenvalue weighted by Crippen LogP contribution is -2.44. The number of rotatable bonds is 3. The van der Waals surface area contributed by atoms with Crippen molar-refractivity contribution >= 4 is 27.5 Å². The molecule has 0 saturated heterocycles. The van der Waals surface area contributed by atoms with Crippen LogP contribution in [0.15, 0.2) is 16.6 Å². The van der Waals surface area contributed by atoms with Crippen LogP contribution in [0.1, 0.15) is 38.2 Å². The van der Waals surface area contributed by atoms with Crippen LogP contribution in [0.4, 0.5) is 10.1 Å². The molecular formula is C16H22BrFN2O. The summed E-state index contributed by atoms with van der Waals surface area (Å²) in [4.78, 5) is 12.7. The van der Waals surface area contributed by atoms with Gasteiger partial charge in [0.2, 0.25) is 5.91 Å². The number of nitrogens with two attached hydrogens (primary N) is 1. The second-order valence-corrected chi connectivity index (χ2v) is 7.06. The van der Waals surface area contributed by atoms with Gasteiger partial charge in [-0.05, 0) is 72.2 Å². The smallest absolute Gasteiger partial charge is 0.231 e. The molecule has 3 N–H and O–H groups in total. The predicted molar refractivity (Wildman–Crippen MR) is 86.6 cm³/mol. The van der Waals surface area contributed by atoms with Crippen LogP contribution in [-0.4, -0.2) is 12.5 Å². The maximum atomic E-state index is 13.7. The van der Waals surface area contributed by atoms with E-state index < -0.39 is 5.41 Å². The minimum atomic E-state index is -0.511. The Morgan fingerprint density at radius 2 is 2.10 bits per heavy atom. The largest absolute Gasteiger partial charge is 0.329 e. The molecule has 1 fully saturated rings. The molecule has 0 heterocycles. The van der Waals surface area contributed by atoms with Gasteiger partial charge < -0.3 is 11.1 Å². The van der Waals surface area contributed by atoms with Crippen molar-refractivity contribution in [3.63, 3.8) is 0 Å². The number of carbonyl (C=O) groups is 1. The third-order valence-electron chi connectivity index (χ3n) is 4.62. The molecule has 1 aromatic carbocycles. The van der Waals surface area contributed by atoms with Crippen molar-refractivity contribution < 1.29 is 9.18 Å². The first kappa shape index (κ1) is 16.4. The van der Waals surface area contributed by atoms with Gasteiger partial charge in [0.1, 0.15) is 5.82 Å². The van der Waals surface area contributed by atoms with E-state index in [4.69, 9.17) is 5.73 Å². The number of hydrogen-bond acceptors (Lipinski definition) is 2. The average Bonchev–Trinajstić information content (AvgIpc) is 2.46. The molecule has 1 amide bonds. The molecule has 2 rings (SSSR count). The van der Waals surface area contributed by atoms with Crippen molar-refractivity contribution in [1.82, 2.24) is 0 Å². The fourth-order valence-electron chi connectivity index (χ4n) is 2.87. The van der Waals surface area contributed by atoms with Crippen LogP contribution in [0.5, 0.6) is 0 Å². The SMILES string of the molecule is Cc1cc(Br)c(F)cc1NC(=O)C1(CN)CCC(C)CC1. The van der Waals surface area contributed by atoms with Gasteiger partial charge in [0.05, 0.1) is 9.89 Å². The molecule has 1 aliphatic carbocycles. The number of benzene rings is 1. The predicted octanol–water partition coefficient (Wildman–Crippen LogP) is 3.99. The van der Waals surface area contributed by atoms with Crippen molar-refractivity contribution in [1.29, 1.82) is 0 Å². The van der Waals surface area contributed by atoms with Crippen molar-refractivity contribution in [2.24, 2.45) is 17.1 Å². The van der Waals surface area contributed by atoms with Crippen LogP contribution in [0.25, 0.3) is 0 Å². The first-order valence-electron chi connectivity index (χ1n) is 7.35. The van der Waals surface area contributed by atoms with E-state index >= 15 is 0 Å². The van der Waals surface area contributed by atoms with E-state index in [9.17, 15) is 9.18 Å². The molecule has 116 valence electrons. The number of hydrogen-bond donors (Lipinski definition) is 2. The van der Waals surface area contributed by atoms with E-state index in [0.29, 0.717) is 22.6 Å². The Hall–Kier alpha value is -0.940. The number of nitrogens with one attached hydrogen (secondary N) is 1. The Kier molecular flexibility index (Phi) is 5.04. The van der Waals surface area contributed by atoms with Gasteiger partial charge in [-0.15, -0.1) is 0 Å². The summed E-state index contributed by atoms with van der Waals surface area (Å²) in [7, 11) is 0. The molecule has 0 spiro atoms. The number of carbonyl (C=O) groups excluding carboxylic acids is 1. The lowest BCUT2D eigenvalue weighted by Gasteiger charge is -2.37. The highest BCUT2D eigenvalue weighted by Crippen LogP contribution is 2.39. The molecule has 1 aromatic rings. The fourth-order valence-corrected chi connectivity index (χ4v) is 3.33. The quantitative estimate of drug-likeness (QED) is 0.860. The van der Waals surface area contributed by atoms with Crippen molar-refractivity contribution in [2.45, 2.75) is 39.5 Å². The van der Waals surface area contributed by atoms with Gasteiger partial charge in [-0.3, -0.25) is 4.79 Å². The van der Waals surface area contributed by atoms with Crippen LogP contribution in [-0.2, 0) is 4.79 Å². The molecule has 5 heteroatoms. The monoisotopic (exact) mass is 356 g/mol. The number of aryl methyl sites for hydroxylation is 1. The maximum Gasteiger partial charge on any atom is 0.231 e. The minimum absolute atomic E-state index is 0.0817. The van der Waals surface area contributed by atoms with Crippen LogP contribution in [0, 0.1) is 24.1 Å². The van der Waals surface area contributed by atoms with Gasteiger partial charge in [0.15, 0.2) is 0 Å². The fraction of sp³-hybridized carbons (Fsp3) is 0.562. The van der Waals surface area contributed by atoms with E-state index in [1.54, 1.807) is 6.07 Å². The molecule has 0 atom stereocenters. The van der Waals surface area contributed by atoms with Gasteiger partial charge in [-0.25, -0.2) is 4.39 Å². The summed E-state index contributed by atoms with van der Waals surface area (Å²) in [5.74, 6) is 0.182. The summed E-state index contributed by atoms with van der Waals surface area (Å²) in [6, 6.07) is 3.02. The van der Waals surface area contributed by atoms with Crippen molar-refractivity contribution in [2.75, 3.05) is 11.9 Å². The van der Waals surface area contributed by atoms with Gasteiger partial charge in [-0.1, -0.05) is 6.92 Å². The second-order valence-electron chi connectivity index (χ2n) is 6.20. The molecule has 3 nitrogen and oxygen atoms in total. The van der Waals surface area contributed by atoms with Crippen LogP contribution >= 0.6 is 15.9 Å². The van der Waals surface area contributed by atoms with Gasteiger partial charge in [0, 0.05) is 12.2 Å². The Balaban J connectivity index is 2.18. The number of anilines is 1. The topological polar surface area (TPSA) is 55.1 Å². The zero-order valence-corrected chi connectivity index (χ0v) is 14.1. The van der Waals surface area contributed by atoms with E-state index in [-0.39, 0.29) is 11.7 Å². The Labute approximate surface area is 133 Å². The third kappa shape index (κ3) is 3.46. The average molecular weight is 357 g/mol. The van der Waals surface area contributed by atoms with Crippen molar-refractivity contribution in [3.05, 3.63) is 28.0 Å². The van der Waals surface area contributed by atoms with Crippen molar-refractivity contribution in [3.8, 4) is 0 Å². The summed E-state index contributed by atoms with van der Waals surface area (Å²) < 4.78 is 14.1. The molecule has 21 heavy (non-hydrogen) atoms. The van der Waals surface area contributed by atoms with E-state index in [1.807, 2.05) is 6.92 Å². The molecule has 0 unspecified atom stereocenters. The number of halogens is 2. The lowest BCUT2D eigenvalue weighted by molar-refractivity contribution is -0.127. The van der Waals surface area contributed by atoms with E-state index in [1.165, 1.54) is 6.07 Å². The third-order valence-corrected chi connectivity index (χ3v) is 5.23. The highest BCUT2D eigenvalue weighted by Gasteiger charge is 2.40. The highest BCUT2D eigenvalue weighted by atomic mass is 79.9. The van der Waals surface area contributed by atoms with Crippen LogP contribution < -0.4 is 11.1 Å². The minimum Gasteiger partial charge on any atom is -0.329 e. The summed E-state index contributed by atoms with van der Waals surface area (Å²) in [5.41, 5.74) is 6.72. The van der Waals surface area contributed by atoms with Crippen LogP contribution in [0.3, 0.4) is 0 Å². The molecular weight excluding hydrogens is 335 g/mol. The van der Waals surface area contributed by atoms with Gasteiger partial charge >= 0.3 is 0 Å². The lowest BCUT2D eigenvalue weighted by atomic mass is 9.70. The summed E-state index contributed by atoms with van der Waals surface area (Å²) >= 11 is 3.15. The molecule has 1 saturated carbocycles. The summed E-state index contributed by atoms with van der Waals surface area (Å²) in [6.07, 6.45) is 3.62. The molecule has 0 aliphatic heterocycles. The Morgan fingerprint density at radius 3 is 2.67 bits per heavy atom. The highest BCUT2D eigenvalue weighted by molar-refractivity contribution is 9.10. The molecule has 1 aliphatic rings. The van der Waals surface area contributed by atoms with E-state index in [0.717, 1.165) is 31.2 Å². The van der Waals surface area contributed by atoms with E-state index in [2.05, 4.69) is 28.2 Å². The van der Waals surface area contributed by atoms with Gasteiger partial charge in [-0.2, -0.15) is 0 Å². The summed E-state index contributed by atoms with van der Waals surface area (Å²) in [6.45, 7) is 4.38. The zero-order chi connectivity index (χ0) is 15.6. The number of amides is 1. The zero-order valence-electron chi connectivity index (χ0n) is 12.5. The molecule has 0 aromatic heterocycles. The second kappa shape index (κ2) is 6.44. The van der Waals surface area contributed by atoms with Gasteiger partial charge in [0.25, 0.3) is 0 Å².